The van der Waals surface area contributed by atoms with Gasteiger partial charge in [-0.05, 0) is 24.3 Å². The summed E-state index contributed by atoms with van der Waals surface area (Å²) in [5, 5.41) is 16.2. The largest absolute Gasteiger partial charge is 0.497 e. The van der Waals surface area contributed by atoms with Crippen molar-refractivity contribution in [1.82, 2.24) is 15.0 Å². The van der Waals surface area contributed by atoms with Crippen molar-refractivity contribution in [3.8, 4) is 22.8 Å². The van der Waals surface area contributed by atoms with Gasteiger partial charge in [-0.25, -0.2) is 15.0 Å². The number of anilines is 3. The zero-order valence-corrected chi connectivity index (χ0v) is 16.6. The number of pyridine rings is 1. The van der Waals surface area contributed by atoms with Gasteiger partial charge >= 0.3 is 0 Å². The molecule has 1 aromatic carbocycles. The number of rotatable bonds is 6. The van der Waals surface area contributed by atoms with Crippen molar-refractivity contribution in [2.24, 2.45) is 0 Å². The lowest BCUT2D eigenvalue weighted by Crippen LogP contribution is -2.28. The van der Waals surface area contributed by atoms with Gasteiger partial charge in [-0.3, -0.25) is 0 Å². The zero-order chi connectivity index (χ0) is 20.4. The first kappa shape index (κ1) is 18.9. The van der Waals surface area contributed by atoms with E-state index in [0.717, 1.165) is 28.3 Å². The van der Waals surface area contributed by atoms with E-state index in [0.29, 0.717) is 24.0 Å². The number of methoxy groups -OCH3 is 2. The quantitative estimate of drug-likeness (QED) is 0.588. The Bertz CT molecular complexity index is 1040. The van der Waals surface area contributed by atoms with Crippen LogP contribution in [0.5, 0.6) is 11.5 Å². The van der Waals surface area contributed by atoms with Crippen molar-refractivity contribution in [3.05, 3.63) is 48.3 Å². The van der Waals surface area contributed by atoms with Gasteiger partial charge in [0.25, 0.3) is 0 Å². The van der Waals surface area contributed by atoms with Crippen molar-refractivity contribution in [3.63, 3.8) is 0 Å². The molecular weight excluding hydrogens is 370 g/mol. The second-order valence-electron chi connectivity index (χ2n) is 7.15. The first-order valence-corrected chi connectivity index (χ1v) is 9.24. The molecule has 2 aromatic heterocycles. The predicted octanol–water partition coefficient (Wildman–Crippen LogP) is 2.97. The number of aliphatic hydroxyl groups is 1. The van der Waals surface area contributed by atoms with E-state index in [-0.39, 0.29) is 12.0 Å². The van der Waals surface area contributed by atoms with Crippen LogP contribution in [0, 0.1) is 0 Å². The molecule has 0 amide bonds. The Balaban J connectivity index is 1.65. The molecule has 8 nitrogen and oxygen atoms in total. The fraction of sp³-hybridized carbons (Fsp3) is 0.286. The van der Waals surface area contributed by atoms with Crippen molar-refractivity contribution < 1.29 is 14.6 Å². The molecule has 0 aliphatic carbocycles. The molecule has 0 saturated carbocycles. The van der Waals surface area contributed by atoms with Crippen LogP contribution >= 0.6 is 0 Å². The first-order valence-electron chi connectivity index (χ1n) is 9.24. The number of ether oxygens (including phenoxy) is 2. The Kier molecular flexibility index (Phi) is 4.94. The Morgan fingerprint density at radius 2 is 2.03 bits per heavy atom. The molecule has 1 atom stereocenters. The number of benzene rings is 1. The summed E-state index contributed by atoms with van der Waals surface area (Å²) in [5.74, 6) is 2.57. The Morgan fingerprint density at radius 3 is 2.79 bits per heavy atom. The number of nitrogens with one attached hydrogen (secondary N) is 2. The second kappa shape index (κ2) is 7.56. The van der Waals surface area contributed by atoms with Gasteiger partial charge in [0.2, 0.25) is 5.95 Å². The van der Waals surface area contributed by atoms with Crippen molar-refractivity contribution >= 4 is 17.5 Å². The molecule has 150 valence electrons. The fourth-order valence-corrected chi connectivity index (χ4v) is 3.32. The molecule has 1 aliphatic heterocycles. The average molecular weight is 393 g/mol. The topological polar surface area (TPSA) is 101 Å². The highest BCUT2D eigenvalue weighted by atomic mass is 16.5. The summed E-state index contributed by atoms with van der Waals surface area (Å²) in [7, 11) is 3.20. The van der Waals surface area contributed by atoms with E-state index in [1.54, 1.807) is 32.7 Å². The molecular formula is C21H23N5O3. The van der Waals surface area contributed by atoms with Crippen LogP contribution in [0.25, 0.3) is 11.3 Å². The van der Waals surface area contributed by atoms with E-state index >= 15 is 0 Å². The third-order valence-corrected chi connectivity index (χ3v) is 5.14. The van der Waals surface area contributed by atoms with Crippen LogP contribution in [-0.2, 0) is 5.41 Å². The van der Waals surface area contributed by atoms with Crippen molar-refractivity contribution in [2.45, 2.75) is 12.3 Å². The molecule has 0 saturated heterocycles. The number of fused-ring (bicyclic) bond motifs is 1. The molecule has 3 aromatic rings. The van der Waals surface area contributed by atoms with Gasteiger partial charge in [0.1, 0.15) is 17.3 Å². The molecule has 4 rings (SSSR count). The highest BCUT2D eigenvalue weighted by Crippen LogP contribution is 2.37. The average Bonchev–Trinajstić information content (AvgIpc) is 3.11. The van der Waals surface area contributed by atoms with Crippen LogP contribution in [0.15, 0.2) is 42.7 Å². The van der Waals surface area contributed by atoms with E-state index in [1.165, 1.54) is 0 Å². The van der Waals surface area contributed by atoms with Crippen LogP contribution in [0.2, 0.25) is 0 Å². The van der Waals surface area contributed by atoms with Gasteiger partial charge in [0.15, 0.2) is 0 Å². The SMILES string of the molecule is COc1ccc(Nc2nccc(-c3cnc4c(c3)C(C)(CO)CN4)n2)c(OC)c1. The minimum Gasteiger partial charge on any atom is -0.497 e. The van der Waals surface area contributed by atoms with E-state index < -0.39 is 0 Å². The summed E-state index contributed by atoms with van der Waals surface area (Å²) in [6, 6.07) is 9.33. The van der Waals surface area contributed by atoms with Gasteiger partial charge in [0.05, 0.1) is 32.2 Å². The maximum absolute atomic E-state index is 9.80. The smallest absolute Gasteiger partial charge is 0.227 e. The van der Waals surface area contributed by atoms with Crippen molar-refractivity contribution in [2.75, 3.05) is 38.0 Å². The normalized spacial score (nSPS) is 17.4. The highest BCUT2D eigenvalue weighted by molar-refractivity contribution is 5.68. The Labute approximate surface area is 169 Å². The molecule has 3 heterocycles. The Morgan fingerprint density at radius 1 is 1.17 bits per heavy atom. The zero-order valence-electron chi connectivity index (χ0n) is 16.6. The molecule has 29 heavy (non-hydrogen) atoms. The van der Waals surface area contributed by atoms with Gasteiger partial charge in [-0.1, -0.05) is 6.92 Å². The van der Waals surface area contributed by atoms with E-state index in [4.69, 9.17) is 9.47 Å². The predicted molar refractivity (Wildman–Crippen MR) is 111 cm³/mol. The number of nitrogens with zero attached hydrogens (tertiary/aromatic N) is 3. The highest BCUT2D eigenvalue weighted by Gasteiger charge is 2.35. The molecule has 0 spiro atoms. The van der Waals surface area contributed by atoms with Gasteiger partial charge in [-0.15, -0.1) is 0 Å². The maximum atomic E-state index is 9.80. The third-order valence-electron chi connectivity index (χ3n) is 5.14. The molecule has 1 aliphatic rings. The lowest BCUT2D eigenvalue weighted by molar-refractivity contribution is 0.218. The molecule has 1 unspecified atom stereocenters. The minimum atomic E-state index is -0.358. The first-order chi connectivity index (χ1) is 14.1. The summed E-state index contributed by atoms with van der Waals surface area (Å²) in [4.78, 5) is 13.4. The van der Waals surface area contributed by atoms with Crippen LogP contribution in [0.3, 0.4) is 0 Å². The summed E-state index contributed by atoms with van der Waals surface area (Å²) in [6.45, 7) is 2.72. The summed E-state index contributed by atoms with van der Waals surface area (Å²) in [5.41, 5.74) is 2.96. The third kappa shape index (κ3) is 3.54. The van der Waals surface area contributed by atoms with Crippen LogP contribution in [0.1, 0.15) is 12.5 Å². The minimum absolute atomic E-state index is 0.0476. The summed E-state index contributed by atoms with van der Waals surface area (Å²) >= 11 is 0. The van der Waals surface area contributed by atoms with Crippen LogP contribution in [-0.4, -0.2) is 47.4 Å². The number of hydrogen-bond donors (Lipinski definition) is 3. The summed E-state index contributed by atoms with van der Waals surface area (Å²) in [6.07, 6.45) is 3.46. The monoisotopic (exact) mass is 393 g/mol. The van der Waals surface area contributed by atoms with E-state index in [9.17, 15) is 5.11 Å². The number of aromatic nitrogens is 3. The van der Waals surface area contributed by atoms with E-state index in [1.807, 2.05) is 31.2 Å². The second-order valence-corrected chi connectivity index (χ2v) is 7.15. The molecule has 0 bridgehead atoms. The van der Waals surface area contributed by atoms with E-state index in [2.05, 4.69) is 25.6 Å². The standard InChI is InChI=1S/C21H23N5O3/c1-21(12-27)11-24-19-15(21)8-13(10-23-19)16-6-7-22-20(25-16)26-17-5-4-14(28-2)9-18(17)29-3/h4-10,27H,11-12H2,1-3H3,(H,23,24)(H,22,25,26). The van der Waals surface area contributed by atoms with Crippen molar-refractivity contribution in [1.29, 1.82) is 0 Å². The summed E-state index contributed by atoms with van der Waals surface area (Å²) < 4.78 is 10.7. The van der Waals surface area contributed by atoms with Gasteiger partial charge in [-0.2, -0.15) is 0 Å². The van der Waals surface area contributed by atoms with Gasteiger partial charge < -0.3 is 25.2 Å². The number of aliphatic hydroxyl groups excluding tert-OH is 1. The van der Waals surface area contributed by atoms with Crippen LogP contribution < -0.4 is 20.1 Å². The molecule has 3 N–H and O–H groups in total. The number of hydrogen-bond acceptors (Lipinski definition) is 8. The fourth-order valence-electron chi connectivity index (χ4n) is 3.32. The Hall–Kier alpha value is -3.39. The lowest BCUT2D eigenvalue weighted by Gasteiger charge is -2.20. The molecule has 0 fully saturated rings. The lowest BCUT2D eigenvalue weighted by atomic mass is 9.85. The molecule has 8 heteroatoms. The molecule has 0 radical (unpaired) electrons. The maximum Gasteiger partial charge on any atom is 0.227 e. The van der Waals surface area contributed by atoms with Gasteiger partial charge in [0, 0.05) is 41.5 Å². The van der Waals surface area contributed by atoms with Crippen LogP contribution in [0.4, 0.5) is 17.5 Å².